The quantitative estimate of drug-likeness (QED) is 0.208. The molecule has 6 heteroatoms. The third-order valence-electron chi connectivity index (χ3n) is 7.85. The monoisotopic (exact) mass is 522 g/mol. The Morgan fingerprint density at radius 1 is 1.09 bits per heavy atom. The average molecular weight is 523 g/mol. The van der Waals surface area contributed by atoms with Crippen molar-refractivity contribution in [2.75, 3.05) is 10.8 Å². The number of aryl methyl sites for hydroxylation is 1. The van der Waals surface area contributed by atoms with Crippen molar-refractivity contribution in [3.05, 3.63) is 80.0 Å². The van der Waals surface area contributed by atoms with Crippen LogP contribution in [-0.2, 0) is 23.2 Å². The number of rotatable bonds is 4. The van der Waals surface area contributed by atoms with Gasteiger partial charge in [0, 0.05) is 33.4 Å². The van der Waals surface area contributed by atoms with Crippen LogP contribution in [0.15, 0.2) is 52.7 Å². The highest BCUT2D eigenvalue weighted by molar-refractivity contribution is 7.80. The molecule has 0 spiro atoms. The van der Waals surface area contributed by atoms with Gasteiger partial charge < -0.3 is 0 Å². The van der Waals surface area contributed by atoms with Crippen LogP contribution < -0.4 is 4.31 Å². The minimum absolute atomic E-state index is 0.0524. The Hall–Kier alpha value is -2.08. The Balaban J connectivity index is 1.39. The van der Waals surface area contributed by atoms with Gasteiger partial charge in [0.25, 0.3) is 0 Å². The number of Topliss-reactive ketones (excluding diaryl/α,β-unsaturated/α-hetero) is 2. The van der Waals surface area contributed by atoms with E-state index in [0.29, 0.717) is 10.6 Å². The van der Waals surface area contributed by atoms with Gasteiger partial charge in [-0.2, -0.15) is 4.31 Å². The standard InChI is InChI=1S/C29H28ClNO2S2/c1-16(2)22-15-34-29-20-11-10-19(20)27(32)25(28(33)26(22)29)21-14-18(9-12-23(21)30)35-31-13-5-7-17-6-3-4-8-24(17)31/h3-4,6,8-9,12,14-16,19-20,25H,5,7,10-11,13H2,1-2H3/p+1. The fourth-order valence-corrected chi connectivity index (χ4v) is 8.68. The Morgan fingerprint density at radius 2 is 1.89 bits per heavy atom. The second kappa shape index (κ2) is 9.10. The molecule has 35 heavy (non-hydrogen) atoms. The van der Waals surface area contributed by atoms with Gasteiger partial charge in [-0.15, -0.1) is 11.3 Å². The van der Waals surface area contributed by atoms with Crippen LogP contribution in [0, 0.1) is 5.92 Å². The van der Waals surface area contributed by atoms with Gasteiger partial charge in [-0.25, -0.2) is 0 Å². The molecule has 3 unspecified atom stereocenters. The predicted molar refractivity (Wildman–Crippen MR) is 147 cm³/mol. The highest BCUT2D eigenvalue weighted by Crippen LogP contribution is 2.53. The van der Waals surface area contributed by atoms with Gasteiger partial charge in [-0.1, -0.05) is 43.6 Å². The number of hydrogen-bond acceptors (Lipinski definition) is 4. The second-order valence-electron chi connectivity index (χ2n) is 10.2. The predicted octanol–water partition coefficient (Wildman–Crippen LogP) is 7.11. The van der Waals surface area contributed by atoms with Crippen LogP contribution in [0.3, 0.4) is 0 Å². The van der Waals surface area contributed by atoms with E-state index >= 15 is 0 Å². The van der Waals surface area contributed by atoms with Gasteiger partial charge in [0.2, 0.25) is 0 Å². The summed E-state index contributed by atoms with van der Waals surface area (Å²) in [6.45, 7) is 5.23. The van der Waals surface area contributed by atoms with E-state index in [4.69, 9.17) is 11.6 Å². The third kappa shape index (κ3) is 3.87. The van der Waals surface area contributed by atoms with Gasteiger partial charge in [-0.05, 0) is 71.9 Å². The molecular weight excluding hydrogens is 494 g/mol. The first kappa shape index (κ1) is 23.3. The number of anilines is 1. The molecule has 1 aromatic heterocycles. The minimum Gasteiger partial charge on any atom is -0.298 e. The van der Waals surface area contributed by atoms with E-state index in [1.165, 1.54) is 11.3 Å². The maximum atomic E-state index is 14.1. The minimum atomic E-state index is -0.813. The summed E-state index contributed by atoms with van der Waals surface area (Å²) in [6, 6.07) is 14.5. The van der Waals surface area contributed by atoms with E-state index in [2.05, 4.69) is 47.8 Å². The van der Waals surface area contributed by atoms with Gasteiger partial charge in [-0.3, -0.25) is 9.59 Å². The molecule has 1 fully saturated rings. The number of hydrogen-bond donors (Lipinski definition) is 0. The van der Waals surface area contributed by atoms with Crippen LogP contribution in [0.4, 0.5) is 5.69 Å². The number of carbonyl (C=O) groups excluding carboxylic acids is 2. The molecule has 3 atom stereocenters. The van der Waals surface area contributed by atoms with Crippen molar-refractivity contribution in [3.63, 3.8) is 0 Å². The van der Waals surface area contributed by atoms with E-state index < -0.39 is 5.92 Å². The molecule has 1 saturated carbocycles. The fraction of sp³-hybridized carbons (Fsp3) is 0.379. The summed E-state index contributed by atoms with van der Waals surface area (Å²) in [6.07, 6.45) is 4.07. The maximum Gasteiger partial charge on any atom is 0.179 e. The number of thiophene rings is 1. The number of carbonyl (C=O) groups is 2. The van der Waals surface area contributed by atoms with E-state index in [1.54, 1.807) is 11.3 Å². The molecule has 0 N–H and O–H groups in total. The highest BCUT2D eigenvalue weighted by Gasteiger charge is 2.49. The highest BCUT2D eigenvalue weighted by atomic mass is 35.5. The fourth-order valence-electron chi connectivity index (χ4n) is 5.86. The number of thiol groups is 1. The molecule has 180 valence electrons. The zero-order valence-corrected chi connectivity index (χ0v) is 22.4. The van der Waals surface area contributed by atoms with Gasteiger partial charge in [0.1, 0.15) is 17.9 Å². The van der Waals surface area contributed by atoms with Crippen LogP contribution in [0.2, 0.25) is 5.02 Å². The van der Waals surface area contributed by atoms with E-state index in [-0.39, 0.29) is 29.3 Å². The van der Waals surface area contributed by atoms with Gasteiger partial charge in [0.15, 0.2) is 16.5 Å². The molecule has 3 aromatic rings. The van der Waals surface area contributed by atoms with Crippen molar-refractivity contribution in [3.8, 4) is 0 Å². The van der Waals surface area contributed by atoms with E-state index in [1.807, 2.05) is 18.2 Å². The van der Waals surface area contributed by atoms with Crippen molar-refractivity contribution in [2.24, 2.45) is 5.92 Å². The summed E-state index contributed by atoms with van der Waals surface area (Å²) in [5, 5.41) is 2.65. The zero-order valence-electron chi connectivity index (χ0n) is 20.0. The lowest BCUT2D eigenvalue weighted by molar-refractivity contribution is -0.126. The van der Waals surface area contributed by atoms with Gasteiger partial charge >= 0.3 is 0 Å². The van der Waals surface area contributed by atoms with Crippen LogP contribution in [0.25, 0.3) is 0 Å². The summed E-state index contributed by atoms with van der Waals surface area (Å²) < 4.78 is 2.37. The SMILES string of the molecule is CC(C)c1csc2c1C(=O)C(c1cc([SH+]N3CCCc4ccccc43)ccc1Cl)C(=O)C1CCC21. The molecule has 3 nitrogen and oxygen atoms in total. The van der Waals surface area contributed by atoms with E-state index in [9.17, 15) is 9.59 Å². The van der Waals surface area contributed by atoms with Crippen molar-refractivity contribution >= 4 is 52.1 Å². The summed E-state index contributed by atoms with van der Waals surface area (Å²) >= 11 is 9.44. The summed E-state index contributed by atoms with van der Waals surface area (Å²) in [4.78, 5) is 30.1. The Labute approximate surface area is 220 Å². The van der Waals surface area contributed by atoms with Crippen LogP contribution in [-0.4, -0.2) is 18.1 Å². The summed E-state index contributed by atoms with van der Waals surface area (Å²) in [7, 11) is 0. The molecule has 0 radical (unpaired) electrons. The van der Waals surface area contributed by atoms with Gasteiger partial charge in [0.05, 0.1) is 12.2 Å². The van der Waals surface area contributed by atoms with Crippen molar-refractivity contribution in [1.82, 2.24) is 0 Å². The first-order valence-electron chi connectivity index (χ1n) is 12.5. The summed E-state index contributed by atoms with van der Waals surface area (Å²) in [5.74, 6) is -0.450. The molecule has 0 amide bonds. The Morgan fingerprint density at radius 3 is 2.66 bits per heavy atom. The number of halogens is 1. The smallest absolute Gasteiger partial charge is 0.179 e. The molecule has 2 aliphatic carbocycles. The molecule has 1 aliphatic heterocycles. The molecule has 0 saturated heterocycles. The van der Waals surface area contributed by atoms with Crippen LogP contribution >= 0.6 is 22.9 Å². The molecule has 2 aromatic carbocycles. The number of ketones is 2. The number of nitrogens with zero attached hydrogens (tertiary/aromatic N) is 1. The Bertz CT molecular complexity index is 1330. The average Bonchev–Trinajstić information content (AvgIpc) is 3.23. The van der Waals surface area contributed by atoms with Crippen LogP contribution in [0.5, 0.6) is 0 Å². The topological polar surface area (TPSA) is 37.4 Å². The zero-order chi connectivity index (χ0) is 24.3. The Kier molecular flexibility index (Phi) is 6.06. The molecule has 0 bridgehead atoms. The maximum absolute atomic E-state index is 14.1. The lowest BCUT2D eigenvalue weighted by atomic mass is 9.69. The third-order valence-corrected chi connectivity index (χ3v) is 10.5. The van der Waals surface area contributed by atoms with E-state index in [0.717, 1.165) is 65.1 Å². The number of benzene rings is 2. The lowest BCUT2D eigenvalue weighted by Gasteiger charge is -2.34. The van der Waals surface area contributed by atoms with Crippen LogP contribution in [0.1, 0.15) is 82.8 Å². The molecule has 3 aliphatic rings. The van der Waals surface area contributed by atoms with Crippen molar-refractivity contribution in [2.45, 2.75) is 62.2 Å². The molecular formula is C29H29ClNO2S2+. The first-order valence-corrected chi connectivity index (χ1v) is 14.6. The van der Waals surface area contributed by atoms with Crippen molar-refractivity contribution < 1.29 is 9.59 Å². The molecule has 6 rings (SSSR count). The van der Waals surface area contributed by atoms with Crippen molar-refractivity contribution in [1.29, 1.82) is 0 Å². The molecule has 2 heterocycles. The normalized spacial score (nSPS) is 23.4. The summed E-state index contributed by atoms with van der Waals surface area (Å²) in [5.41, 5.74) is 5.20. The number of para-hydroxylation sites is 1. The second-order valence-corrected chi connectivity index (χ2v) is 12.8. The first-order chi connectivity index (χ1) is 16.9. The largest absolute Gasteiger partial charge is 0.298 e. The lowest BCUT2D eigenvalue weighted by Crippen LogP contribution is -2.34. The number of fused-ring (bicyclic) bond motifs is 4.